The number of hydrogen-bond acceptors (Lipinski definition) is 5. The normalized spacial score (nSPS) is 26.3. The standard InChI is InChI=1S/C7H10N2O3S/c8-7-6(3-9-12-7)5-1-2-13(10,11)4-5/h3,5H,1-2,4,8H2. The van der Waals surface area contributed by atoms with E-state index in [2.05, 4.69) is 9.68 Å². The van der Waals surface area contributed by atoms with Crippen LogP contribution in [0, 0.1) is 0 Å². The molecule has 0 saturated carbocycles. The zero-order valence-corrected chi connectivity index (χ0v) is 7.75. The fourth-order valence-corrected chi connectivity index (χ4v) is 3.37. The molecule has 2 heterocycles. The number of nitrogens with two attached hydrogens (primary N) is 1. The van der Waals surface area contributed by atoms with Gasteiger partial charge in [-0.25, -0.2) is 8.42 Å². The van der Waals surface area contributed by atoms with E-state index in [1.54, 1.807) is 0 Å². The van der Waals surface area contributed by atoms with E-state index >= 15 is 0 Å². The lowest BCUT2D eigenvalue weighted by Crippen LogP contribution is -2.04. The number of nitrogen functional groups attached to an aromatic ring is 1. The van der Waals surface area contributed by atoms with Crippen LogP contribution in [0.1, 0.15) is 17.9 Å². The fraction of sp³-hybridized carbons (Fsp3) is 0.571. The van der Waals surface area contributed by atoms with Crippen LogP contribution in [-0.4, -0.2) is 25.1 Å². The van der Waals surface area contributed by atoms with Crippen LogP contribution >= 0.6 is 0 Å². The number of anilines is 1. The average Bonchev–Trinajstić information content (AvgIpc) is 2.56. The van der Waals surface area contributed by atoms with Crippen molar-refractivity contribution >= 4 is 15.7 Å². The first-order valence-corrected chi connectivity index (χ1v) is 5.81. The lowest BCUT2D eigenvalue weighted by atomic mass is 10.0. The first-order valence-electron chi connectivity index (χ1n) is 3.99. The zero-order valence-electron chi connectivity index (χ0n) is 6.93. The minimum atomic E-state index is -2.86. The molecule has 0 radical (unpaired) electrons. The van der Waals surface area contributed by atoms with Crippen molar-refractivity contribution < 1.29 is 12.9 Å². The molecule has 1 aromatic rings. The predicted octanol–water partition coefficient (Wildman–Crippen LogP) is 0.159. The Morgan fingerprint density at radius 3 is 2.85 bits per heavy atom. The topological polar surface area (TPSA) is 86.2 Å². The van der Waals surface area contributed by atoms with E-state index in [0.29, 0.717) is 6.42 Å². The molecule has 1 fully saturated rings. The molecule has 0 spiro atoms. The summed E-state index contributed by atoms with van der Waals surface area (Å²) in [6.45, 7) is 0. The second-order valence-electron chi connectivity index (χ2n) is 3.25. The van der Waals surface area contributed by atoms with E-state index in [1.807, 2.05) is 0 Å². The highest BCUT2D eigenvalue weighted by Gasteiger charge is 2.31. The average molecular weight is 202 g/mol. The van der Waals surface area contributed by atoms with Gasteiger partial charge in [-0.1, -0.05) is 5.16 Å². The quantitative estimate of drug-likeness (QED) is 0.701. The highest BCUT2D eigenvalue weighted by Crippen LogP contribution is 2.31. The molecule has 13 heavy (non-hydrogen) atoms. The Morgan fingerprint density at radius 2 is 2.38 bits per heavy atom. The number of rotatable bonds is 1. The van der Waals surface area contributed by atoms with Crippen LogP contribution in [0.25, 0.3) is 0 Å². The largest absolute Gasteiger partial charge is 0.367 e. The van der Waals surface area contributed by atoms with Crippen LogP contribution in [-0.2, 0) is 9.84 Å². The second kappa shape index (κ2) is 2.73. The van der Waals surface area contributed by atoms with Gasteiger partial charge in [-0.2, -0.15) is 0 Å². The van der Waals surface area contributed by atoms with Crippen molar-refractivity contribution in [1.82, 2.24) is 5.16 Å². The molecule has 5 nitrogen and oxygen atoms in total. The number of hydrogen-bond donors (Lipinski definition) is 1. The summed E-state index contributed by atoms with van der Waals surface area (Å²) in [5.41, 5.74) is 6.21. The Bertz CT molecular complexity index is 409. The molecule has 72 valence electrons. The molecule has 0 aromatic carbocycles. The third kappa shape index (κ3) is 1.53. The third-order valence-corrected chi connectivity index (χ3v) is 4.07. The molecule has 1 aliphatic rings. The lowest BCUT2D eigenvalue weighted by molar-refractivity contribution is 0.435. The highest BCUT2D eigenvalue weighted by atomic mass is 32.2. The smallest absolute Gasteiger partial charge is 0.225 e. The Labute approximate surface area is 75.8 Å². The van der Waals surface area contributed by atoms with Gasteiger partial charge in [-0.05, 0) is 6.42 Å². The molecule has 0 amide bonds. The van der Waals surface area contributed by atoms with E-state index in [4.69, 9.17) is 5.73 Å². The van der Waals surface area contributed by atoms with Crippen molar-refractivity contribution in [1.29, 1.82) is 0 Å². The van der Waals surface area contributed by atoms with E-state index in [-0.39, 0.29) is 23.3 Å². The van der Waals surface area contributed by atoms with Crippen molar-refractivity contribution in [2.75, 3.05) is 17.2 Å². The van der Waals surface area contributed by atoms with Crippen molar-refractivity contribution in [2.24, 2.45) is 0 Å². The van der Waals surface area contributed by atoms with Gasteiger partial charge < -0.3 is 10.3 Å². The van der Waals surface area contributed by atoms with Crippen molar-refractivity contribution in [3.05, 3.63) is 11.8 Å². The Hall–Kier alpha value is -1.04. The van der Waals surface area contributed by atoms with Crippen molar-refractivity contribution in [3.8, 4) is 0 Å². The van der Waals surface area contributed by atoms with Gasteiger partial charge in [0.2, 0.25) is 5.88 Å². The van der Waals surface area contributed by atoms with Gasteiger partial charge in [0.05, 0.1) is 17.7 Å². The van der Waals surface area contributed by atoms with E-state index < -0.39 is 9.84 Å². The summed E-state index contributed by atoms with van der Waals surface area (Å²) in [6, 6.07) is 0. The molecule has 1 saturated heterocycles. The summed E-state index contributed by atoms with van der Waals surface area (Å²) in [6.07, 6.45) is 2.12. The minimum Gasteiger partial charge on any atom is -0.367 e. The lowest BCUT2D eigenvalue weighted by Gasteiger charge is -2.02. The van der Waals surface area contributed by atoms with Gasteiger partial charge in [0.25, 0.3) is 0 Å². The molecule has 1 aliphatic heterocycles. The van der Waals surface area contributed by atoms with Gasteiger partial charge in [-0.3, -0.25) is 0 Å². The molecule has 1 aromatic heterocycles. The number of sulfone groups is 1. The van der Waals surface area contributed by atoms with Crippen LogP contribution in [0.4, 0.5) is 5.88 Å². The summed E-state index contributed by atoms with van der Waals surface area (Å²) < 4.78 is 27.0. The Balaban J connectivity index is 2.26. The van der Waals surface area contributed by atoms with Crippen LogP contribution in [0.2, 0.25) is 0 Å². The zero-order chi connectivity index (χ0) is 9.47. The minimum absolute atomic E-state index is 0.0313. The molecular formula is C7H10N2O3S. The molecule has 0 aliphatic carbocycles. The maximum Gasteiger partial charge on any atom is 0.225 e. The summed E-state index contributed by atoms with van der Waals surface area (Å²) in [5, 5.41) is 3.52. The molecule has 2 N–H and O–H groups in total. The number of aromatic nitrogens is 1. The van der Waals surface area contributed by atoms with Crippen LogP contribution in [0.5, 0.6) is 0 Å². The first-order chi connectivity index (χ1) is 6.08. The summed E-state index contributed by atoms with van der Waals surface area (Å²) in [7, 11) is -2.86. The van der Waals surface area contributed by atoms with Gasteiger partial charge >= 0.3 is 0 Å². The molecule has 6 heteroatoms. The summed E-state index contributed by atoms with van der Waals surface area (Å²) in [4.78, 5) is 0. The Morgan fingerprint density at radius 1 is 1.62 bits per heavy atom. The van der Waals surface area contributed by atoms with Crippen LogP contribution in [0.15, 0.2) is 10.7 Å². The van der Waals surface area contributed by atoms with E-state index in [0.717, 1.165) is 5.56 Å². The second-order valence-corrected chi connectivity index (χ2v) is 5.47. The van der Waals surface area contributed by atoms with Crippen LogP contribution in [0.3, 0.4) is 0 Å². The van der Waals surface area contributed by atoms with Gasteiger partial charge in [0, 0.05) is 11.5 Å². The maximum atomic E-state index is 11.2. The molecule has 2 rings (SSSR count). The molecule has 1 unspecified atom stereocenters. The monoisotopic (exact) mass is 202 g/mol. The summed E-state index contributed by atoms with van der Waals surface area (Å²) >= 11 is 0. The van der Waals surface area contributed by atoms with Crippen molar-refractivity contribution in [3.63, 3.8) is 0 Å². The third-order valence-electron chi connectivity index (χ3n) is 2.30. The Kier molecular flexibility index (Phi) is 1.80. The molecular weight excluding hydrogens is 192 g/mol. The fourth-order valence-electron chi connectivity index (χ4n) is 1.60. The van der Waals surface area contributed by atoms with Crippen molar-refractivity contribution in [2.45, 2.75) is 12.3 Å². The van der Waals surface area contributed by atoms with Crippen LogP contribution < -0.4 is 5.73 Å². The maximum absolute atomic E-state index is 11.2. The van der Waals surface area contributed by atoms with Gasteiger partial charge in [-0.15, -0.1) is 0 Å². The summed E-state index contributed by atoms with van der Waals surface area (Å²) in [5.74, 6) is 0.610. The highest BCUT2D eigenvalue weighted by molar-refractivity contribution is 7.91. The van der Waals surface area contributed by atoms with Gasteiger partial charge in [0.15, 0.2) is 9.84 Å². The molecule has 1 atom stereocenters. The SMILES string of the molecule is Nc1oncc1C1CCS(=O)(=O)C1. The predicted molar refractivity (Wildman–Crippen MR) is 46.9 cm³/mol. The van der Waals surface area contributed by atoms with E-state index in [1.165, 1.54) is 6.20 Å². The van der Waals surface area contributed by atoms with Gasteiger partial charge in [0.1, 0.15) is 0 Å². The van der Waals surface area contributed by atoms with E-state index in [9.17, 15) is 8.42 Å². The first kappa shape index (κ1) is 8.55. The molecule has 0 bridgehead atoms. The number of nitrogens with zero attached hydrogens (tertiary/aromatic N) is 1.